The fourth-order valence-corrected chi connectivity index (χ4v) is 2.82. The maximum atomic E-state index is 13.5. The van der Waals surface area contributed by atoms with E-state index in [4.69, 9.17) is 10.5 Å². The number of ether oxygens (including phenoxy) is 1. The summed E-state index contributed by atoms with van der Waals surface area (Å²) in [5.41, 5.74) is 7.34. The van der Waals surface area contributed by atoms with Gasteiger partial charge >= 0.3 is 0 Å². The average Bonchev–Trinajstić information content (AvgIpc) is 2.68. The monoisotopic (exact) mass is 327 g/mol. The van der Waals surface area contributed by atoms with Crippen molar-refractivity contribution in [3.8, 4) is 0 Å². The van der Waals surface area contributed by atoms with Crippen molar-refractivity contribution < 1.29 is 9.13 Å². The van der Waals surface area contributed by atoms with Gasteiger partial charge in [-0.2, -0.15) is 0 Å². The van der Waals surface area contributed by atoms with Crippen LogP contribution in [0.2, 0.25) is 0 Å². The molecule has 1 atom stereocenters. The molecule has 3 rings (SSSR count). The molecule has 102 valence electrons. The Hall–Kier alpha value is -1.14. The third-order valence-electron chi connectivity index (χ3n) is 3.48. The number of nitrogen functional groups attached to an aromatic ring is 1. The Morgan fingerprint density at radius 2 is 2.32 bits per heavy atom. The molecule has 6 heteroatoms. The van der Waals surface area contributed by atoms with Crippen molar-refractivity contribution in [1.29, 1.82) is 0 Å². The van der Waals surface area contributed by atoms with Gasteiger partial charge in [-0.3, -0.25) is 0 Å². The van der Waals surface area contributed by atoms with Gasteiger partial charge in [0.25, 0.3) is 0 Å². The number of imidazole rings is 1. The summed E-state index contributed by atoms with van der Waals surface area (Å²) in [5.74, 6) is 0.0766. The second-order valence-electron chi connectivity index (χ2n) is 4.82. The Morgan fingerprint density at radius 1 is 1.47 bits per heavy atom. The topological polar surface area (TPSA) is 53.1 Å². The number of hydrogen-bond donors (Lipinski definition) is 1. The standard InChI is InChI=1S/C13H15BrFN3O/c14-9-5-12-11(6-10(9)15)17-13(16)18(12)7-8-3-1-2-4-19-8/h5-6,8H,1-4,7H2,(H2,16,17). The first kappa shape index (κ1) is 12.9. The Morgan fingerprint density at radius 3 is 3.05 bits per heavy atom. The lowest BCUT2D eigenvalue weighted by molar-refractivity contribution is 0.00694. The molecular formula is C13H15BrFN3O. The van der Waals surface area contributed by atoms with Gasteiger partial charge in [-0.15, -0.1) is 0 Å². The van der Waals surface area contributed by atoms with E-state index < -0.39 is 0 Å². The number of fused-ring (bicyclic) bond motifs is 1. The average molecular weight is 328 g/mol. The summed E-state index contributed by atoms with van der Waals surface area (Å²) < 4.78 is 21.5. The zero-order chi connectivity index (χ0) is 13.4. The van der Waals surface area contributed by atoms with Gasteiger partial charge in [0.15, 0.2) is 0 Å². The van der Waals surface area contributed by atoms with E-state index in [1.807, 2.05) is 4.57 Å². The summed E-state index contributed by atoms with van der Waals surface area (Å²) in [6, 6.07) is 3.12. The fourth-order valence-electron chi connectivity index (χ4n) is 2.49. The molecule has 4 nitrogen and oxygen atoms in total. The third-order valence-corrected chi connectivity index (χ3v) is 4.09. The minimum absolute atomic E-state index is 0.164. The Bertz CT molecular complexity index is 607. The van der Waals surface area contributed by atoms with E-state index in [-0.39, 0.29) is 11.9 Å². The minimum atomic E-state index is -0.328. The van der Waals surface area contributed by atoms with Crippen LogP contribution in [0.15, 0.2) is 16.6 Å². The highest BCUT2D eigenvalue weighted by Crippen LogP contribution is 2.26. The number of hydrogen-bond acceptors (Lipinski definition) is 3. The number of halogens is 2. The Balaban J connectivity index is 1.97. The van der Waals surface area contributed by atoms with Crippen molar-refractivity contribution in [3.63, 3.8) is 0 Å². The van der Waals surface area contributed by atoms with Crippen molar-refractivity contribution in [2.24, 2.45) is 0 Å². The first-order valence-corrected chi connectivity index (χ1v) is 7.17. The van der Waals surface area contributed by atoms with Crippen molar-refractivity contribution in [2.45, 2.75) is 31.9 Å². The second kappa shape index (κ2) is 5.09. The van der Waals surface area contributed by atoms with Crippen LogP contribution < -0.4 is 5.73 Å². The summed E-state index contributed by atoms with van der Waals surface area (Å²) >= 11 is 3.20. The van der Waals surface area contributed by atoms with Gasteiger partial charge in [0.1, 0.15) is 5.82 Å². The maximum absolute atomic E-state index is 13.5. The van der Waals surface area contributed by atoms with Crippen molar-refractivity contribution in [3.05, 3.63) is 22.4 Å². The highest BCUT2D eigenvalue weighted by atomic mass is 79.9. The fraction of sp³-hybridized carbons (Fsp3) is 0.462. The summed E-state index contributed by atoms with van der Waals surface area (Å²) in [6.07, 6.45) is 3.49. The third kappa shape index (κ3) is 2.47. The predicted molar refractivity (Wildman–Crippen MR) is 75.4 cm³/mol. The quantitative estimate of drug-likeness (QED) is 0.922. The van der Waals surface area contributed by atoms with Crippen molar-refractivity contribution >= 4 is 32.9 Å². The molecule has 19 heavy (non-hydrogen) atoms. The van der Waals surface area contributed by atoms with Crippen LogP contribution in [0.1, 0.15) is 19.3 Å². The molecule has 1 saturated heterocycles. The molecule has 0 spiro atoms. The van der Waals surface area contributed by atoms with Crippen LogP contribution in [0.4, 0.5) is 10.3 Å². The van der Waals surface area contributed by atoms with Gasteiger partial charge in [0.05, 0.1) is 28.2 Å². The zero-order valence-corrected chi connectivity index (χ0v) is 12.0. The molecule has 1 aromatic heterocycles. The molecule has 0 aliphatic carbocycles. The summed E-state index contributed by atoms with van der Waals surface area (Å²) in [4.78, 5) is 4.20. The highest BCUT2D eigenvalue weighted by molar-refractivity contribution is 9.10. The van der Waals surface area contributed by atoms with E-state index in [9.17, 15) is 4.39 Å². The molecule has 0 amide bonds. The Labute approximate surface area is 118 Å². The Kier molecular flexibility index (Phi) is 3.45. The van der Waals surface area contributed by atoms with Crippen LogP contribution in [-0.4, -0.2) is 22.3 Å². The molecule has 1 unspecified atom stereocenters. The molecule has 2 aromatic rings. The number of nitrogens with two attached hydrogens (primary N) is 1. The molecule has 2 heterocycles. The van der Waals surface area contributed by atoms with Crippen LogP contribution in [0.25, 0.3) is 11.0 Å². The molecule has 0 bridgehead atoms. The van der Waals surface area contributed by atoms with Crippen molar-refractivity contribution in [1.82, 2.24) is 9.55 Å². The summed E-state index contributed by atoms with van der Waals surface area (Å²) in [6.45, 7) is 1.47. The van der Waals surface area contributed by atoms with Crippen LogP contribution in [-0.2, 0) is 11.3 Å². The van der Waals surface area contributed by atoms with E-state index in [0.717, 1.165) is 25.0 Å². The van der Waals surface area contributed by atoms with Gasteiger partial charge in [-0.05, 0) is 41.3 Å². The highest BCUT2D eigenvalue weighted by Gasteiger charge is 2.18. The number of rotatable bonds is 2. The lowest BCUT2D eigenvalue weighted by atomic mass is 10.1. The second-order valence-corrected chi connectivity index (χ2v) is 5.68. The molecule has 1 aromatic carbocycles. The number of benzene rings is 1. The van der Waals surface area contributed by atoms with Crippen LogP contribution >= 0.6 is 15.9 Å². The van der Waals surface area contributed by atoms with Crippen molar-refractivity contribution in [2.75, 3.05) is 12.3 Å². The van der Waals surface area contributed by atoms with Crippen LogP contribution in [0.5, 0.6) is 0 Å². The van der Waals surface area contributed by atoms with E-state index in [1.54, 1.807) is 6.07 Å². The van der Waals surface area contributed by atoms with Gasteiger partial charge in [-0.25, -0.2) is 9.37 Å². The van der Waals surface area contributed by atoms with Gasteiger partial charge in [-0.1, -0.05) is 0 Å². The van der Waals surface area contributed by atoms with Gasteiger partial charge in [0, 0.05) is 12.7 Å². The molecule has 2 N–H and O–H groups in total. The SMILES string of the molecule is Nc1nc2cc(F)c(Br)cc2n1CC1CCCCO1. The molecule has 1 aliphatic rings. The molecule has 1 fully saturated rings. The number of nitrogens with zero attached hydrogens (tertiary/aromatic N) is 2. The van der Waals surface area contributed by atoms with E-state index in [2.05, 4.69) is 20.9 Å². The van der Waals surface area contributed by atoms with Crippen LogP contribution in [0.3, 0.4) is 0 Å². The lowest BCUT2D eigenvalue weighted by Gasteiger charge is -2.23. The molecule has 0 radical (unpaired) electrons. The van der Waals surface area contributed by atoms with E-state index >= 15 is 0 Å². The van der Waals surface area contributed by atoms with Gasteiger partial charge in [0.2, 0.25) is 5.95 Å². The van der Waals surface area contributed by atoms with Gasteiger partial charge < -0.3 is 15.0 Å². The first-order valence-electron chi connectivity index (χ1n) is 6.37. The van der Waals surface area contributed by atoms with E-state index in [0.29, 0.717) is 22.5 Å². The maximum Gasteiger partial charge on any atom is 0.201 e. The first-order chi connectivity index (χ1) is 9.15. The number of aromatic nitrogens is 2. The summed E-state index contributed by atoms with van der Waals surface area (Å²) in [5, 5.41) is 0. The normalized spacial score (nSPS) is 20.0. The molecule has 1 aliphatic heterocycles. The predicted octanol–water partition coefficient (Wildman–Crippen LogP) is 3.09. The lowest BCUT2D eigenvalue weighted by Crippen LogP contribution is -2.25. The number of anilines is 1. The molecule has 0 saturated carbocycles. The zero-order valence-electron chi connectivity index (χ0n) is 10.4. The minimum Gasteiger partial charge on any atom is -0.376 e. The van der Waals surface area contributed by atoms with E-state index in [1.165, 1.54) is 12.5 Å². The summed E-state index contributed by atoms with van der Waals surface area (Å²) in [7, 11) is 0. The molecular weight excluding hydrogens is 313 g/mol. The smallest absolute Gasteiger partial charge is 0.201 e. The largest absolute Gasteiger partial charge is 0.376 e. The van der Waals surface area contributed by atoms with Crippen LogP contribution in [0, 0.1) is 5.82 Å².